The van der Waals surface area contributed by atoms with Crippen LogP contribution in [0.1, 0.15) is 33.1 Å². The molecule has 4 heteroatoms. The summed E-state index contributed by atoms with van der Waals surface area (Å²) in [5.41, 5.74) is -0.207. The smallest absolute Gasteiger partial charge is 0.329 e. The highest BCUT2D eigenvalue weighted by atomic mass is 16.5. The molecule has 1 atom stereocenters. The lowest BCUT2D eigenvalue weighted by molar-refractivity contribution is -0.142. The molecule has 0 aliphatic rings. The van der Waals surface area contributed by atoms with Gasteiger partial charge in [-0.25, -0.2) is 4.79 Å². The summed E-state index contributed by atoms with van der Waals surface area (Å²) in [4.78, 5) is 11.5. The summed E-state index contributed by atoms with van der Waals surface area (Å²) in [5.74, 6) is -0.162. The molecule has 0 spiro atoms. The van der Waals surface area contributed by atoms with Crippen LogP contribution < -0.4 is 10.1 Å². The van der Waals surface area contributed by atoms with Gasteiger partial charge in [-0.2, -0.15) is 0 Å². The zero-order valence-corrected chi connectivity index (χ0v) is 11.2. The van der Waals surface area contributed by atoms with Crippen molar-refractivity contribution in [3.8, 4) is 5.75 Å². The second-order valence-electron chi connectivity index (χ2n) is 4.32. The van der Waals surface area contributed by atoms with Crippen molar-refractivity contribution in [1.82, 2.24) is 0 Å². The van der Waals surface area contributed by atoms with E-state index in [1.807, 2.05) is 38.1 Å². The number of carbonyl (C=O) groups is 1. The molecule has 0 aliphatic carbocycles. The molecule has 0 saturated heterocycles. The zero-order valence-electron chi connectivity index (χ0n) is 11.2. The Morgan fingerprint density at radius 3 is 2.56 bits per heavy atom. The van der Waals surface area contributed by atoms with Crippen molar-refractivity contribution < 1.29 is 14.6 Å². The fourth-order valence-corrected chi connectivity index (χ4v) is 2.07. The molecule has 0 heterocycles. The summed E-state index contributed by atoms with van der Waals surface area (Å²) in [6, 6.07) is 7.37. The minimum atomic E-state index is -0.927. The van der Waals surface area contributed by atoms with Crippen LogP contribution in [0.15, 0.2) is 24.3 Å². The summed E-state index contributed by atoms with van der Waals surface area (Å²) in [7, 11) is 1.58. The Kier molecular flexibility index (Phi) is 5.01. The van der Waals surface area contributed by atoms with Crippen LogP contribution in [0.25, 0.3) is 0 Å². The number of carboxylic acid groups (broad SMARTS) is 1. The predicted molar refractivity (Wildman–Crippen MR) is 72.2 cm³/mol. The van der Waals surface area contributed by atoms with Crippen LogP contribution in [0.5, 0.6) is 5.75 Å². The van der Waals surface area contributed by atoms with Crippen molar-refractivity contribution in [2.75, 3.05) is 12.4 Å². The largest absolute Gasteiger partial charge is 0.495 e. The van der Waals surface area contributed by atoms with Gasteiger partial charge in [-0.1, -0.05) is 32.4 Å². The fourth-order valence-electron chi connectivity index (χ4n) is 2.07. The summed E-state index contributed by atoms with van der Waals surface area (Å²) in [6.07, 6.45) is 1.91. The molecule has 0 aromatic heterocycles. The molecule has 1 aromatic carbocycles. The number of hydrogen-bond donors (Lipinski definition) is 2. The average molecular weight is 251 g/mol. The Morgan fingerprint density at radius 1 is 1.39 bits per heavy atom. The molecule has 0 amide bonds. The summed E-state index contributed by atoms with van der Waals surface area (Å²) >= 11 is 0. The minimum absolute atomic E-state index is 0.522. The Hall–Kier alpha value is -1.71. The number of benzene rings is 1. The standard InChI is InChI=1S/C14H21NO3/c1-4-10-14(5-2,13(16)17)15-11-8-6-7-9-12(11)18-3/h6-9,15H,4-5,10H2,1-3H3,(H,16,17). The van der Waals surface area contributed by atoms with Gasteiger partial charge in [0.25, 0.3) is 0 Å². The highest BCUT2D eigenvalue weighted by Crippen LogP contribution is 2.30. The van der Waals surface area contributed by atoms with E-state index in [4.69, 9.17) is 4.74 Å². The molecule has 0 aliphatic heterocycles. The molecular weight excluding hydrogens is 230 g/mol. The number of hydrogen-bond acceptors (Lipinski definition) is 3. The normalized spacial score (nSPS) is 13.7. The molecule has 2 N–H and O–H groups in total. The summed E-state index contributed by atoms with van der Waals surface area (Å²) in [6.45, 7) is 3.86. The number of para-hydroxylation sites is 2. The van der Waals surface area contributed by atoms with Gasteiger partial charge in [0.1, 0.15) is 11.3 Å². The van der Waals surface area contributed by atoms with Crippen molar-refractivity contribution in [2.45, 2.75) is 38.6 Å². The summed E-state index contributed by atoms with van der Waals surface area (Å²) < 4.78 is 5.24. The van der Waals surface area contributed by atoms with E-state index in [2.05, 4.69) is 5.32 Å². The van der Waals surface area contributed by atoms with E-state index in [0.29, 0.717) is 18.6 Å². The maximum Gasteiger partial charge on any atom is 0.329 e. The van der Waals surface area contributed by atoms with Gasteiger partial charge in [-0.15, -0.1) is 0 Å². The fraction of sp³-hybridized carbons (Fsp3) is 0.500. The lowest BCUT2D eigenvalue weighted by Crippen LogP contribution is -2.45. The van der Waals surface area contributed by atoms with Gasteiger partial charge in [-0.05, 0) is 25.0 Å². The van der Waals surface area contributed by atoms with Crippen molar-refractivity contribution in [2.24, 2.45) is 0 Å². The van der Waals surface area contributed by atoms with Crippen LogP contribution in [0.3, 0.4) is 0 Å². The van der Waals surface area contributed by atoms with Crippen LogP contribution in [0.4, 0.5) is 5.69 Å². The Morgan fingerprint density at radius 2 is 2.06 bits per heavy atom. The van der Waals surface area contributed by atoms with E-state index in [1.165, 1.54) is 0 Å². The van der Waals surface area contributed by atoms with Crippen LogP contribution >= 0.6 is 0 Å². The first-order valence-corrected chi connectivity index (χ1v) is 6.24. The quantitative estimate of drug-likeness (QED) is 0.781. The average Bonchev–Trinajstić information content (AvgIpc) is 2.38. The first kappa shape index (κ1) is 14.4. The number of anilines is 1. The zero-order chi connectivity index (χ0) is 13.6. The topological polar surface area (TPSA) is 58.6 Å². The Balaban J connectivity index is 3.06. The van der Waals surface area contributed by atoms with Crippen molar-refractivity contribution in [3.05, 3.63) is 24.3 Å². The molecule has 0 saturated carbocycles. The molecule has 1 aromatic rings. The maximum atomic E-state index is 11.5. The van der Waals surface area contributed by atoms with Crippen LogP contribution in [-0.2, 0) is 4.79 Å². The minimum Gasteiger partial charge on any atom is -0.495 e. The molecule has 100 valence electrons. The number of rotatable bonds is 7. The van der Waals surface area contributed by atoms with E-state index in [-0.39, 0.29) is 0 Å². The highest BCUT2D eigenvalue weighted by Gasteiger charge is 2.36. The highest BCUT2D eigenvalue weighted by molar-refractivity contribution is 5.83. The maximum absolute atomic E-state index is 11.5. The number of ether oxygens (including phenoxy) is 1. The van der Waals surface area contributed by atoms with E-state index in [9.17, 15) is 9.90 Å². The molecule has 1 unspecified atom stereocenters. The number of nitrogens with one attached hydrogen (secondary N) is 1. The second kappa shape index (κ2) is 6.28. The third-order valence-corrected chi connectivity index (χ3v) is 3.17. The third kappa shape index (κ3) is 2.94. The van der Waals surface area contributed by atoms with E-state index in [1.54, 1.807) is 7.11 Å². The second-order valence-corrected chi connectivity index (χ2v) is 4.32. The molecule has 18 heavy (non-hydrogen) atoms. The first-order valence-electron chi connectivity index (χ1n) is 6.24. The van der Waals surface area contributed by atoms with Crippen molar-refractivity contribution >= 4 is 11.7 Å². The van der Waals surface area contributed by atoms with Gasteiger partial charge in [0.05, 0.1) is 12.8 Å². The van der Waals surface area contributed by atoms with E-state index >= 15 is 0 Å². The molecule has 1 rings (SSSR count). The van der Waals surface area contributed by atoms with Crippen LogP contribution in [0.2, 0.25) is 0 Å². The SMILES string of the molecule is CCCC(CC)(Nc1ccccc1OC)C(=O)O. The van der Waals surface area contributed by atoms with Crippen molar-refractivity contribution in [3.63, 3.8) is 0 Å². The predicted octanol–water partition coefficient (Wildman–Crippen LogP) is 3.14. The molecule has 4 nitrogen and oxygen atoms in total. The Labute approximate surface area is 108 Å². The van der Waals surface area contributed by atoms with Crippen LogP contribution in [0, 0.1) is 0 Å². The van der Waals surface area contributed by atoms with Gasteiger partial charge in [0.15, 0.2) is 0 Å². The number of methoxy groups -OCH3 is 1. The van der Waals surface area contributed by atoms with E-state index < -0.39 is 11.5 Å². The van der Waals surface area contributed by atoms with Crippen LogP contribution in [-0.4, -0.2) is 23.7 Å². The van der Waals surface area contributed by atoms with Gasteiger partial charge in [-0.3, -0.25) is 0 Å². The molecule has 0 radical (unpaired) electrons. The van der Waals surface area contributed by atoms with Crippen molar-refractivity contribution in [1.29, 1.82) is 0 Å². The lowest BCUT2D eigenvalue weighted by Gasteiger charge is -2.30. The summed E-state index contributed by atoms with van der Waals surface area (Å²) in [5, 5.41) is 12.6. The monoisotopic (exact) mass is 251 g/mol. The number of aliphatic carboxylic acids is 1. The lowest BCUT2D eigenvalue weighted by atomic mass is 9.90. The van der Waals surface area contributed by atoms with Gasteiger partial charge < -0.3 is 15.2 Å². The third-order valence-electron chi connectivity index (χ3n) is 3.17. The first-order chi connectivity index (χ1) is 8.59. The molecule has 0 fully saturated rings. The molecular formula is C14H21NO3. The van der Waals surface area contributed by atoms with E-state index in [0.717, 1.165) is 12.1 Å². The number of carboxylic acids is 1. The Bertz CT molecular complexity index is 406. The van der Waals surface area contributed by atoms with Gasteiger partial charge >= 0.3 is 5.97 Å². The van der Waals surface area contributed by atoms with Gasteiger partial charge in [0, 0.05) is 0 Å². The molecule has 0 bridgehead atoms. The van der Waals surface area contributed by atoms with Gasteiger partial charge in [0.2, 0.25) is 0 Å².